The van der Waals surface area contributed by atoms with Gasteiger partial charge in [-0.15, -0.1) is 0 Å². The van der Waals surface area contributed by atoms with Crippen molar-refractivity contribution in [3.63, 3.8) is 0 Å². The van der Waals surface area contributed by atoms with Gasteiger partial charge in [-0.25, -0.2) is 4.79 Å². The fraction of sp³-hybridized carbons (Fsp3) is 0.676. The summed E-state index contributed by atoms with van der Waals surface area (Å²) in [7, 11) is 1.93. The number of imide groups is 1. The molecule has 0 aliphatic carbocycles. The van der Waals surface area contributed by atoms with Gasteiger partial charge in [0.05, 0.1) is 5.92 Å². The van der Waals surface area contributed by atoms with E-state index in [2.05, 4.69) is 56.9 Å². The van der Waals surface area contributed by atoms with E-state index in [9.17, 15) is 14.4 Å². The molecular formula is C34H55N5O4. The number of hydrogen-bond acceptors (Lipinski definition) is 7. The molecule has 9 nitrogen and oxygen atoms in total. The van der Waals surface area contributed by atoms with Crippen LogP contribution in [0.15, 0.2) is 24.3 Å². The Balaban J connectivity index is 0.00000248. The third-order valence-electron chi connectivity index (χ3n) is 8.43. The number of anilines is 2. The molecule has 1 aromatic rings. The first-order valence-corrected chi connectivity index (χ1v) is 16.4. The molecule has 1 unspecified atom stereocenters. The average Bonchev–Trinajstić information content (AvgIpc) is 2.97. The molecular weight excluding hydrogens is 542 g/mol. The summed E-state index contributed by atoms with van der Waals surface area (Å²) in [6, 6.07) is 6.70. The van der Waals surface area contributed by atoms with Crippen LogP contribution in [0.4, 0.5) is 16.2 Å². The van der Waals surface area contributed by atoms with Gasteiger partial charge in [-0.1, -0.05) is 32.9 Å². The van der Waals surface area contributed by atoms with Gasteiger partial charge >= 0.3 is 6.09 Å². The molecule has 0 bridgehead atoms. The van der Waals surface area contributed by atoms with E-state index < -0.39 is 5.60 Å². The molecule has 0 saturated carbocycles. The first-order chi connectivity index (χ1) is 20.6. The molecule has 0 aromatic heterocycles. The lowest BCUT2D eigenvalue weighted by Crippen LogP contribution is -2.47. The number of hydrogen-bond donors (Lipinski definition) is 3. The lowest BCUT2D eigenvalue weighted by Gasteiger charge is -2.38. The number of piperidine rings is 3. The van der Waals surface area contributed by atoms with Crippen molar-refractivity contribution < 1.29 is 19.1 Å². The molecule has 1 aromatic carbocycles. The second-order valence-corrected chi connectivity index (χ2v) is 12.7. The molecule has 3 saturated heterocycles. The first kappa shape index (κ1) is 34.4. The Morgan fingerprint density at radius 3 is 2.30 bits per heavy atom. The third kappa shape index (κ3) is 9.98. The van der Waals surface area contributed by atoms with Crippen LogP contribution in [0.5, 0.6) is 0 Å². The van der Waals surface area contributed by atoms with E-state index in [0.29, 0.717) is 18.8 Å². The Kier molecular flexibility index (Phi) is 12.9. The third-order valence-corrected chi connectivity index (χ3v) is 8.43. The highest BCUT2D eigenvalue weighted by molar-refractivity contribution is 6.04. The maximum absolute atomic E-state index is 12.7. The van der Waals surface area contributed by atoms with Crippen LogP contribution in [0.2, 0.25) is 0 Å². The normalized spacial score (nSPS) is 21.0. The van der Waals surface area contributed by atoms with Crippen molar-refractivity contribution >= 4 is 34.9 Å². The number of rotatable bonds is 8. The van der Waals surface area contributed by atoms with Crippen LogP contribution >= 0.6 is 0 Å². The summed E-state index contributed by atoms with van der Waals surface area (Å²) in [5.41, 5.74) is 3.77. The van der Waals surface area contributed by atoms with Crippen molar-refractivity contribution in [2.75, 3.05) is 50.0 Å². The zero-order chi connectivity index (χ0) is 31.6. The van der Waals surface area contributed by atoms with E-state index in [-0.39, 0.29) is 29.9 Å². The zero-order valence-electron chi connectivity index (χ0n) is 27.6. The number of carbonyl (C=O) groups is 3. The van der Waals surface area contributed by atoms with Gasteiger partial charge in [0.2, 0.25) is 11.8 Å². The van der Waals surface area contributed by atoms with Gasteiger partial charge in [-0.2, -0.15) is 0 Å². The SMILES string of the molecule is CC.CC/C=C(/c1ccc(N2CCC(CN3CCC(NC(=O)OC(C)(C)C)CC3)CC2)cc1NC)C1CCC(=O)NC1=O. The molecule has 3 fully saturated rings. The quantitative estimate of drug-likeness (QED) is 0.325. The summed E-state index contributed by atoms with van der Waals surface area (Å²) in [5, 5.41) is 8.91. The van der Waals surface area contributed by atoms with Crippen LogP contribution < -0.4 is 20.9 Å². The Morgan fingerprint density at radius 1 is 1.05 bits per heavy atom. The van der Waals surface area contributed by atoms with E-state index in [1.807, 2.05) is 41.7 Å². The molecule has 9 heteroatoms. The van der Waals surface area contributed by atoms with Crippen LogP contribution in [-0.2, 0) is 14.3 Å². The van der Waals surface area contributed by atoms with Crippen LogP contribution in [0.25, 0.3) is 5.57 Å². The van der Waals surface area contributed by atoms with Crippen molar-refractivity contribution in [2.24, 2.45) is 11.8 Å². The van der Waals surface area contributed by atoms with Crippen LogP contribution in [-0.4, -0.2) is 74.2 Å². The van der Waals surface area contributed by atoms with E-state index in [4.69, 9.17) is 4.74 Å². The summed E-state index contributed by atoms with van der Waals surface area (Å²) in [4.78, 5) is 41.5. The van der Waals surface area contributed by atoms with Gasteiger partial charge in [0, 0.05) is 69.2 Å². The standard InChI is InChI=1S/C32H49N5O4.C2H6/c1-6-7-25(27-10-11-29(38)35-30(27)39)26-9-8-24(20-28(26)33-5)37-18-12-22(13-19-37)21-36-16-14-23(15-17-36)34-31(40)41-32(2,3)4;1-2/h7-9,20,22-23,27,33H,6,10-19,21H2,1-5H3,(H,34,40)(H,35,38,39);1-2H3/b25-7-;. The minimum Gasteiger partial charge on any atom is -0.444 e. The van der Waals surface area contributed by atoms with E-state index >= 15 is 0 Å². The highest BCUT2D eigenvalue weighted by Crippen LogP contribution is 2.37. The summed E-state index contributed by atoms with van der Waals surface area (Å²) in [6.07, 6.45) is 7.79. The molecule has 3 N–H and O–H groups in total. The summed E-state index contributed by atoms with van der Waals surface area (Å²) in [6.45, 7) is 16.9. The maximum atomic E-state index is 12.7. The molecule has 4 rings (SSSR count). The predicted octanol–water partition coefficient (Wildman–Crippen LogP) is 5.81. The van der Waals surface area contributed by atoms with E-state index in [0.717, 1.165) is 81.7 Å². The number of nitrogens with zero attached hydrogens (tertiary/aromatic N) is 2. The number of allylic oxidation sites excluding steroid dienone is 1. The topological polar surface area (TPSA) is 103 Å². The highest BCUT2D eigenvalue weighted by Gasteiger charge is 2.31. The molecule has 0 radical (unpaired) electrons. The van der Waals surface area contributed by atoms with Crippen molar-refractivity contribution in [3.05, 3.63) is 29.8 Å². The Morgan fingerprint density at radius 2 is 1.72 bits per heavy atom. The molecule has 0 spiro atoms. The molecule has 3 aliphatic rings. The number of amides is 3. The van der Waals surface area contributed by atoms with Gasteiger partial charge in [-0.05, 0) is 82.9 Å². The van der Waals surface area contributed by atoms with Gasteiger partial charge in [0.1, 0.15) is 5.60 Å². The smallest absolute Gasteiger partial charge is 0.407 e. The van der Waals surface area contributed by atoms with Crippen molar-refractivity contribution in [2.45, 2.75) is 98.1 Å². The summed E-state index contributed by atoms with van der Waals surface area (Å²) in [5.74, 6) is -0.0113. The van der Waals surface area contributed by atoms with Gasteiger partial charge in [-0.3, -0.25) is 14.9 Å². The Hall–Kier alpha value is -3.07. The maximum Gasteiger partial charge on any atom is 0.407 e. The number of alkyl carbamates (subject to hydrolysis) is 1. The second kappa shape index (κ2) is 16.1. The Labute approximate surface area is 259 Å². The Bertz CT molecular complexity index is 1110. The lowest BCUT2D eigenvalue weighted by atomic mass is 9.84. The monoisotopic (exact) mass is 597 g/mol. The average molecular weight is 598 g/mol. The summed E-state index contributed by atoms with van der Waals surface area (Å²) >= 11 is 0. The minimum atomic E-state index is -0.471. The van der Waals surface area contributed by atoms with Gasteiger partial charge < -0.3 is 25.2 Å². The van der Waals surface area contributed by atoms with Crippen molar-refractivity contribution in [1.29, 1.82) is 0 Å². The summed E-state index contributed by atoms with van der Waals surface area (Å²) < 4.78 is 5.41. The second-order valence-electron chi connectivity index (χ2n) is 12.7. The molecule has 3 amide bonds. The van der Waals surface area contributed by atoms with E-state index in [1.54, 1.807) is 0 Å². The first-order valence-electron chi connectivity index (χ1n) is 16.4. The van der Waals surface area contributed by atoms with Crippen LogP contribution in [0.3, 0.4) is 0 Å². The van der Waals surface area contributed by atoms with Crippen molar-refractivity contribution in [1.82, 2.24) is 15.5 Å². The number of carbonyl (C=O) groups excluding carboxylic acids is 3. The number of ether oxygens (including phenoxy) is 1. The number of likely N-dealkylation sites (tertiary alicyclic amines) is 1. The van der Waals surface area contributed by atoms with Crippen LogP contribution in [0, 0.1) is 11.8 Å². The lowest BCUT2D eigenvalue weighted by molar-refractivity contribution is -0.134. The largest absolute Gasteiger partial charge is 0.444 e. The number of nitrogens with one attached hydrogen (secondary N) is 3. The van der Waals surface area contributed by atoms with E-state index in [1.165, 1.54) is 5.69 Å². The molecule has 240 valence electrons. The fourth-order valence-electron chi connectivity index (χ4n) is 6.31. The van der Waals surface area contributed by atoms with Gasteiger partial charge in [0.15, 0.2) is 0 Å². The van der Waals surface area contributed by atoms with Crippen LogP contribution in [0.1, 0.15) is 92.1 Å². The van der Waals surface area contributed by atoms with Crippen molar-refractivity contribution in [3.8, 4) is 0 Å². The molecule has 3 aliphatic heterocycles. The zero-order valence-corrected chi connectivity index (χ0v) is 27.6. The van der Waals surface area contributed by atoms with Gasteiger partial charge in [0.25, 0.3) is 0 Å². The fourth-order valence-corrected chi connectivity index (χ4v) is 6.31. The molecule has 43 heavy (non-hydrogen) atoms. The highest BCUT2D eigenvalue weighted by atomic mass is 16.6. The molecule has 1 atom stereocenters. The minimum absolute atomic E-state index is 0.186. The predicted molar refractivity (Wildman–Crippen MR) is 175 cm³/mol. The number of benzene rings is 1. The molecule has 3 heterocycles.